The van der Waals surface area contributed by atoms with Crippen LogP contribution >= 0.6 is 11.6 Å². The number of nitrogens with one attached hydrogen (secondary N) is 1. The van der Waals surface area contributed by atoms with Crippen LogP contribution in [0.15, 0.2) is 53.5 Å². The normalized spacial score (nSPS) is 14.8. The van der Waals surface area contributed by atoms with Crippen molar-refractivity contribution in [1.29, 1.82) is 0 Å². The molecule has 1 aliphatic rings. The fraction of sp³-hybridized carbons (Fsp3) is 0.118. The van der Waals surface area contributed by atoms with Gasteiger partial charge in [-0.3, -0.25) is 19.4 Å². The summed E-state index contributed by atoms with van der Waals surface area (Å²) in [6, 6.07) is 7.40. The average molecular weight is 342 g/mol. The van der Waals surface area contributed by atoms with Crippen LogP contribution in [0.2, 0.25) is 5.02 Å². The molecule has 3 rings (SSSR count). The minimum atomic E-state index is 0.651. The second kappa shape index (κ2) is 6.72. The summed E-state index contributed by atoms with van der Waals surface area (Å²) in [6.45, 7) is 0. The first-order valence-corrected chi connectivity index (χ1v) is 7.64. The molecule has 7 heteroatoms. The van der Waals surface area contributed by atoms with E-state index in [1.54, 1.807) is 42.5 Å². The number of aromatic nitrogens is 2. The Bertz CT molecular complexity index is 848. The maximum atomic E-state index is 11.6. The van der Waals surface area contributed by atoms with Crippen LogP contribution in [0.1, 0.15) is 11.1 Å². The maximum absolute atomic E-state index is 11.6. The second-order valence-corrected chi connectivity index (χ2v) is 5.67. The zero-order chi connectivity index (χ0) is 17.1. The van der Waals surface area contributed by atoms with Gasteiger partial charge in [0.05, 0.1) is 23.3 Å². The molecule has 0 saturated carbocycles. The summed E-state index contributed by atoms with van der Waals surface area (Å²) in [5.74, 6) is 0. The smallest absolute Gasteiger partial charge is 0.218 e. The van der Waals surface area contributed by atoms with Gasteiger partial charge in [0.15, 0.2) is 0 Å². The molecule has 0 aliphatic carbocycles. The van der Waals surface area contributed by atoms with Gasteiger partial charge < -0.3 is 5.32 Å². The van der Waals surface area contributed by atoms with E-state index in [4.69, 9.17) is 11.6 Å². The van der Waals surface area contributed by atoms with Crippen LogP contribution in [0.3, 0.4) is 0 Å². The molecule has 6 nitrogen and oxygen atoms in total. The molecule has 122 valence electrons. The summed E-state index contributed by atoms with van der Waals surface area (Å²) in [5, 5.41) is 8.23. The van der Waals surface area contributed by atoms with Crippen molar-refractivity contribution in [2.45, 2.75) is 0 Å². The number of halogens is 1. The Labute approximate surface area is 144 Å². The number of aliphatic imine (C=N–C) groups is 1. The number of hydrogen-bond donors (Lipinski definition) is 1. The van der Waals surface area contributed by atoms with Gasteiger partial charge in [-0.25, -0.2) is 0 Å². The van der Waals surface area contributed by atoms with Crippen molar-refractivity contribution in [3.63, 3.8) is 0 Å². The van der Waals surface area contributed by atoms with Crippen LogP contribution in [0.4, 0.5) is 0 Å². The van der Waals surface area contributed by atoms with E-state index in [9.17, 15) is 4.79 Å². The van der Waals surface area contributed by atoms with Gasteiger partial charge in [0.2, 0.25) is 6.41 Å². The molecular formula is C17H16ClN5O. The third kappa shape index (κ3) is 3.09. The van der Waals surface area contributed by atoms with Gasteiger partial charge in [0.25, 0.3) is 0 Å². The van der Waals surface area contributed by atoms with E-state index in [1.807, 2.05) is 25.4 Å². The highest BCUT2D eigenvalue weighted by molar-refractivity contribution is 6.30. The van der Waals surface area contributed by atoms with Gasteiger partial charge in [-0.2, -0.15) is 5.10 Å². The lowest BCUT2D eigenvalue weighted by Gasteiger charge is -2.27. The molecule has 2 heterocycles. The first kappa shape index (κ1) is 16.0. The lowest BCUT2D eigenvalue weighted by Crippen LogP contribution is -2.28. The predicted octanol–water partition coefficient (Wildman–Crippen LogP) is 2.50. The molecule has 1 aliphatic heterocycles. The summed E-state index contributed by atoms with van der Waals surface area (Å²) in [7, 11) is 3.50. The fourth-order valence-electron chi connectivity index (χ4n) is 2.46. The first-order valence-electron chi connectivity index (χ1n) is 7.26. The number of hydrogen-bond acceptors (Lipinski definition) is 4. The second-order valence-electron chi connectivity index (χ2n) is 5.24. The molecule has 0 atom stereocenters. The maximum Gasteiger partial charge on any atom is 0.218 e. The summed E-state index contributed by atoms with van der Waals surface area (Å²) < 4.78 is 1.70. The monoisotopic (exact) mass is 341 g/mol. The highest BCUT2D eigenvalue weighted by Gasteiger charge is 2.22. The summed E-state index contributed by atoms with van der Waals surface area (Å²) in [4.78, 5) is 17.1. The summed E-state index contributed by atoms with van der Waals surface area (Å²) in [5.41, 5.74) is 3.97. The lowest BCUT2D eigenvalue weighted by molar-refractivity contribution is -0.114. The molecule has 2 aromatic rings. The zero-order valence-electron chi connectivity index (χ0n) is 13.3. The van der Waals surface area contributed by atoms with Crippen molar-refractivity contribution in [2.24, 2.45) is 12.0 Å². The van der Waals surface area contributed by atoms with E-state index in [0.717, 1.165) is 28.9 Å². The highest BCUT2D eigenvalue weighted by Crippen LogP contribution is 2.27. The third-order valence-electron chi connectivity index (χ3n) is 3.58. The van der Waals surface area contributed by atoms with Crippen molar-refractivity contribution in [1.82, 2.24) is 20.0 Å². The van der Waals surface area contributed by atoms with E-state index in [2.05, 4.69) is 15.4 Å². The van der Waals surface area contributed by atoms with E-state index in [-0.39, 0.29) is 0 Å². The van der Waals surface area contributed by atoms with Gasteiger partial charge in [0, 0.05) is 43.3 Å². The Hall–Kier alpha value is -2.86. The Morgan fingerprint density at radius 3 is 2.58 bits per heavy atom. The van der Waals surface area contributed by atoms with E-state index in [1.165, 1.54) is 4.90 Å². The molecule has 1 aromatic heterocycles. The Morgan fingerprint density at radius 2 is 2.00 bits per heavy atom. The van der Waals surface area contributed by atoms with Crippen LogP contribution in [-0.4, -0.2) is 34.4 Å². The van der Waals surface area contributed by atoms with Gasteiger partial charge in [-0.1, -0.05) is 23.7 Å². The summed E-state index contributed by atoms with van der Waals surface area (Å²) >= 11 is 5.95. The van der Waals surface area contributed by atoms with E-state index >= 15 is 0 Å². The van der Waals surface area contributed by atoms with Crippen LogP contribution in [0.25, 0.3) is 11.4 Å². The van der Waals surface area contributed by atoms with Crippen molar-refractivity contribution in [2.75, 3.05) is 7.05 Å². The van der Waals surface area contributed by atoms with Gasteiger partial charge in [-0.05, 0) is 17.7 Å². The average Bonchev–Trinajstić information content (AvgIpc) is 3.02. The molecule has 0 fully saturated rings. The molecule has 0 bridgehead atoms. The topological polar surface area (TPSA) is 62.5 Å². The van der Waals surface area contributed by atoms with Crippen molar-refractivity contribution >= 4 is 35.6 Å². The number of amides is 1. The van der Waals surface area contributed by atoms with Crippen molar-refractivity contribution < 1.29 is 4.79 Å². The number of carbonyl (C=O) groups is 1. The number of benzene rings is 1. The van der Waals surface area contributed by atoms with Gasteiger partial charge >= 0.3 is 0 Å². The Balaban J connectivity index is 2.08. The molecule has 24 heavy (non-hydrogen) atoms. The van der Waals surface area contributed by atoms with E-state index in [0.29, 0.717) is 10.7 Å². The molecule has 1 N–H and O–H groups in total. The minimum absolute atomic E-state index is 0.651. The number of carbonyl (C=O) groups excluding carboxylic acids is 1. The molecule has 0 radical (unpaired) electrons. The lowest BCUT2D eigenvalue weighted by atomic mass is 10.1. The van der Waals surface area contributed by atoms with Gasteiger partial charge in [-0.15, -0.1) is 0 Å². The van der Waals surface area contributed by atoms with Crippen LogP contribution < -0.4 is 5.32 Å². The zero-order valence-corrected chi connectivity index (χ0v) is 14.0. The standard InChI is InChI=1S/C17H16ClN5O/c1-19-8-16-17(13-7-20-22(2)9-13)21-15(10-23(16)11-24)12-3-5-14(18)6-4-12/h3-11,21H,1-2H3. The SMILES string of the molecule is CN=CC1=C(c2cnn(C)c2)NC(c2ccc(Cl)cc2)=CN1C=O. The number of allylic oxidation sites excluding steroid dienone is 1. The number of rotatable bonds is 4. The number of aryl methyl sites for hydroxylation is 1. The minimum Gasteiger partial charge on any atom is -0.351 e. The highest BCUT2D eigenvalue weighted by atomic mass is 35.5. The molecule has 0 saturated heterocycles. The molecule has 1 amide bonds. The van der Waals surface area contributed by atoms with Crippen molar-refractivity contribution in [3.8, 4) is 0 Å². The number of nitrogens with zero attached hydrogens (tertiary/aromatic N) is 4. The Kier molecular flexibility index (Phi) is 4.48. The molecule has 0 unspecified atom stereocenters. The largest absolute Gasteiger partial charge is 0.351 e. The fourth-order valence-corrected chi connectivity index (χ4v) is 2.58. The molecule has 0 spiro atoms. The van der Waals surface area contributed by atoms with Crippen LogP contribution in [0, 0.1) is 0 Å². The molecular weight excluding hydrogens is 326 g/mol. The van der Waals surface area contributed by atoms with Crippen LogP contribution in [0.5, 0.6) is 0 Å². The first-order chi connectivity index (χ1) is 11.6. The van der Waals surface area contributed by atoms with E-state index < -0.39 is 0 Å². The van der Waals surface area contributed by atoms with Gasteiger partial charge in [0.1, 0.15) is 0 Å². The predicted molar refractivity (Wildman–Crippen MR) is 95.0 cm³/mol. The molecule has 1 aromatic carbocycles. The van der Waals surface area contributed by atoms with Crippen molar-refractivity contribution in [3.05, 3.63) is 64.7 Å². The third-order valence-corrected chi connectivity index (χ3v) is 3.83. The van der Waals surface area contributed by atoms with Crippen LogP contribution in [-0.2, 0) is 11.8 Å². The summed E-state index contributed by atoms with van der Waals surface area (Å²) in [6.07, 6.45) is 7.73. The Morgan fingerprint density at radius 1 is 1.25 bits per heavy atom. The quantitative estimate of drug-likeness (QED) is 0.686.